The average molecular weight is 429 g/mol. The first-order valence-electron chi connectivity index (χ1n) is 10.5. The van der Waals surface area contributed by atoms with E-state index in [1.807, 2.05) is 47.0 Å². The maximum Gasteiger partial charge on any atom is 0.337 e. The van der Waals surface area contributed by atoms with Gasteiger partial charge in [-0.25, -0.2) is 9.78 Å². The second kappa shape index (κ2) is 8.32. The Morgan fingerprint density at radius 3 is 2.69 bits per heavy atom. The zero-order valence-electron chi connectivity index (χ0n) is 17.7. The van der Waals surface area contributed by atoms with Gasteiger partial charge in [-0.15, -0.1) is 0 Å². The molecule has 0 bridgehead atoms. The van der Waals surface area contributed by atoms with Crippen molar-refractivity contribution in [3.05, 3.63) is 99.1 Å². The van der Waals surface area contributed by atoms with Gasteiger partial charge in [-0.3, -0.25) is 18.3 Å². The van der Waals surface area contributed by atoms with Crippen molar-refractivity contribution in [3.8, 4) is 11.6 Å². The second-order valence-electron chi connectivity index (χ2n) is 7.68. The van der Waals surface area contributed by atoms with Gasteiger partial charge in [-0.1, -0.05) is 18.2 Å². The Morgan fingerprint density at radius 2 is 1.94 bits per heavy atom. The Bertz CT molecular complexity index is 1430. The van der Waals surface area contributed by atoms with E-state index in [0.29, 0.717) is 5.82 Å². The van der Waals surface area contributed by atoms with Crippen LogP contribution in [-0.2, 0) is 6.54 Å². The van der Waals surface area contributed by atoms with Crippen LogP contribution >= 0.6 is 0 Å². The minimum absolute atomic E-state index is 0.172. The fourth-order valence-corrected chi connectivity index (χ4v) is 3.98. The predicted octanol–water partition coefficient (Wildman–Crippen LogP) is 2.08. The first-order valence-corrected chi connectivity index (χ1v) is 10.5. The number of fused-ring (bicyclic) bond motifs is 1. The normalized spacial score (nSPS) is 13.8. The van der Waals surface area contributed by atoms with E-state index in [1.54, 1.807) is 13.3 Å². The highest BCUT2D eigenvalue weighted by atomic mass is 16.5. The number of aromatic nitrogens is 4. The van der Waals surface area contributed by atoms with Gasteiger partial charge in [0.05, 0.1) is 19.9 Å². The molecule has 0 saturated heterocycles. The molecule has 162 valence electrons. The van der Waals surface area contributed by atoms with E-state index in [2.05, 4.69) is 16.4 Å². The van der Waals surface area contributed by atoms with Crippen LogP contribution < -0.4 is 21.3 Å². The predicted molar refractivity (Wildman–Crippen MR) is 123 cm³/mol. The lowest BCUT2D eigenvalue weighted by molar-refractivity contribution is 0.414. The average Bonchev–Trinajstić information content (AvgIpc) is 3.26. The lowest BCUT2D eigenvalue weighted by atomic mass is 10.0. The van der Waals surface area contributed by atoms with Gasteiger partial charge < -0.3 is 10.1 Å². The van der Waals surface area contributed by atoms with Crippen molar-refractivity contribution < 1.29 is 4.74 Å². The number of nitrogens with zero attached hydrogens (tertiary/aromatic N) is 4. The van der Waals surface area contributed by atoms with Crippen molar-refractivity contribution in [1.82, 2.24) is 23.8 Å². The molecule has 0 unspecified atom stereocenters. The number of benzene rings is 1. The van der Waals surface area contributed by atoms with Crippen molar-refractivity contribution in [3.63, 3.8) is 0 Å². The Hall–Kier alpha value is -3.91. The van der Waals surface area contributed by atoms with Gasteiger partial charge >= 0.3 is 5.69 Å². The summed E-state index contributed by atoms with van der Waals surface area (Å²) in [6, 6.07) is 12.8. The molecule has 8 heteroatoms. The van der Waals surface area contributed by atoms with Crippen LogP contribution in [0.4, 0.5) is 0 Å². The van der Waals surface area contributed by atoms with Crippen LogP contribution in [0.1, 0.15) is 17.5 Å². The highest BCUT2D eigenvalue weighted by molar-refractivity contribution is 5.69. The number of nitrogens with one attached hydrogen (secondary N) is 1. The van der Waals surface area contributed by atoms with E-state index in [4.69, 9.17) is 4.74 Å². The molecule has 0 atom stereocenters. The largest absolute Gasteiger partial charge is 0.497 e. The van der Waals surface area contributed by atoms with Crippen LogP contribution in [0.3, 0.4) is 0 Å². The van der Waals surface area contributed by atoms with E-state index in [0.717, 1.165) is 42.0 Å². The topological polar surface area (TPSA) is 82.6 Å². The number of hydrogen-bond acceptors (Lipinski definition) is 5. The maximum absolute atomic E-state index is 13.2. The van der Waals surface area contributed by atoms with E-state index < -0.39 is 5.69 Å². The number of hydrogen-bond donors (Lipinski definition) is 1. The number of ether oxygens (including phenoxy) is 1. The zero-order valence-corrected chi connectivity index (χ0v) is 17.7. The molecule has 1 N–H and O–H groups in total. The van der Waals surface area contributed by atoms with Crippen LogP contribution in [0.15, 0.2) is 76.7 Å². The molecule has 0 saturated carbocycles. The molecule has 32 heavy (non-hydrogen) atoms. The summed E-state index contributed by atoms with van der Waals surface area (Å²) in [5, 5.41) is 3.32. The third-order valence-electron chi connectivity index (χ3n) is 5.74. The van der Waals surface area contributed by atoms with E-state index in [9.17, 15) is 9.59 Å². The molecule has 0 aliphatic carbocycles. The van der Waals surface area contributed by atoms with Gasteiger partial charge in [-0.05, 0) is 53.9 Å². The van der Waals surface area contributed by atoms with E-state index in [-0.39, 0.29) is 12.1 Å². The van der Waals surface area contributed by atoms with E-state index >= 15 is 0 Å². The number of methoxy groups -OCH3 is 1. The number of pyridine rings is 1. The third-order valence-corrected chi connectivity index (χ3v) is 5.74. The maximum atomic E-state index is 13.2. The van der Waals surface area contributed by atoms with Gasteiger partial charge in [0, 0.05) is 25.0 Å². The molecule has 0 amide bonds. The summed E-state index contributed by atoms with van der Waals surface area (Å²) in [6.45, 7) is 2.00. The third kappa shape index (κ3) is 3.65. The quantitative estimate of drug-likeness (QED) is 0.525. The standard InChI is InChI=1S/C24H23N5O3/c1-32-20-4-2-17(3-5-20)16-29-23(30)9-13-28(24(29)31)22-15-26-21-14-19(8-12-27(21)22)18-6-10-25-11-7-18/h2-6,8-9,12-15,25H,7,10-11,16H2,1H3. The molecule has 4 heterocycles. The second-order valence-corrected chi connectivity index (χ2v) is 7.68. The molecule has 1 aliphatic heterocycles. The summed E-state index contributed by atoms with van der Waals surface area (Å²) in [4.78, 5) is 30.2. The molecule has 1 aliphatic rings. The van der Waals surface area contributed by atoms with Crippen LogP contribution in [-0.4, -0.2) is 38.7 Å². The van der Waals surface area contributed by atoms with Crippen molar-refractivity contribution >= 4 is 11.2 Å². The SMILES string of the molecule is COc1ccc(Cn2c(=O)ccn(-c3cnc4cc(C5=CCNCC5)ccn34)c2=O)cc1. The van der Waals surface area contributed by atoms with Crippen LogP contribution in [0.2, 0.25) is 0 Å². The molecular weight excluding hydrogens is 406 g/mol. The summed E-state index contributed by atoms with van der Waals surface area (Å²) in [7, 11) is 1.59. The molecule has 5 rings (SSSR count). The number of imidazole rings is 1. The van der Waals surface area contributed by atoms with Gasteiger partial charge in [0.25, 0.3) is 5.56 Å². The van der Waals surface area contributed by atoms with Crippen LogP contribution in [0.25, 0.3) is 17.0 Å². The summed E-state index contributed by atoms with van der Waals surface area (Å²) >= 11 is 0. The molecule has 0 fully saturated rings. The van der Waals surface area contributed by atoms with Crippen molar-refractivity contribution in [1.29, 1.82) is 0 Å². The molecule has 8 nitrogen and oxygen atoms in total. The van der Waals surface area contributed by atoms with Gasteiger partial charge in [0.2, 0.25) is 0 Å². The highest BCUT2D eigenvalue weighted by Crippen LogP contribution is 2.22. The minimum atomic E-state index is -0.416. The minimum Gasteiger partial charge on any atom is -0.497 e. The smallest absolute Gasteiger partial charge is 0.337 e. The first kappa shape index (κ1) is 20.0. The van der Waals surface area contributed by atoms with E-state index in [1.165, 1.54) is 27.0 Å². The summed E-state index contributed by atoms with van der Waals surface area (Å²) < 4.78 is 9.70. The molecular formula is C24H23N5O3. The van der Waals surface area contributed by atoms with Crippen LogP contribution in [0.5, 0.6) is 5.75 Å². The Kier molecular flexibility index (Phi) is 5.20. The highest BCUT2D eigenvalue weighted by Gasteiger charge is 2.13. The summed E-state index contributed by atoms with van der Waals surface area (Å²) in [5.41, 5.74) is 3.24. The Balaban J connectivity index is 1.53. The monoisotopic (exact) mass is 429 g/mol. The summed E-state index contributed by atoms with van der Waals surface area (Å²) in [6.07, 6.45) is 8.24. The fourth-order valence-electron chi connectivity index (χ4n) is 3.98. The Labute approximate surface area is 184 Å². The molecule has 0 spiro atoms. The van der Waals surface area contributed by atoms with Gasteiger partial charge in [0.15, 0.2) is 0 Å². The van der Waals surface area contributed by atoms with Crippen molar-refractivity contribution in [2.24, 2.45) is 0 Å². The van der Waals surface area contributed by atoms with Crippen molar-refractivity contribution in [2.75, 3.05) is 20.2 Å². The van der Waals surface area contributed by atoms with Gasteiger partial charge in [-0.2, -0.15) is 0 Å². The first-order chi connectivity index (χ1) is 15.6. The van der Waals surface area contributed by atoms with Gasteiger partial charge in [0.1, 0.15) is 17.2 Å². The lowest BCUT2D eigenvalue weighted by Gasteiger charge is -2.14. The zero-order chi connectivity index (χ0) is 22.1. The number of rotatable bonds is 5. The van der Waals surface area contributed by atoms with Crippen LogP contribution in [0, 0.1) is 0 Å². The van der Waals surface area contributed by atoms with Crippen molar-refractivity contribution in [2.45, 2.75) is 13.0 Å². The summed E-state index contributed by atoms with van der Waals surface area (Å²) in [5.74, 6) is 1.30. The molecule has 1 aromatic carbocycles. The molecule has 4 aromatic rings. The Morgan fingerprint density at radius 1 is 1.09 bits per heavy atom. The molecule has 0 radical (unpaired) electrons. The fraction of sp³-hybridized carbons (Fsp3) is 0.208. The molecule has 3 aromatic heterocycles. The lowest BCUT2D eigenvalue weighted by Crippen LogP contribution is -2.38.